The van der Waals surface area contributed by atoms with Crippen LogP contribution in [0.5, 0.6) is 0 Å². The number of hydrogen-bond acceptors (Lipinski definition) is 2. The number of carbonyl (C=O) groups excluding carboxylic acids is 1. The zero-order chi connectivity index (χ0) is 13.4. The van der Waals surface area contributed by atoms with Crippen LogP contribution in [0.1, 0.15) is 25.3 Å². The van der Waals surface area contributed by atoms with Crippen LogP contribution in [0.15, 0.2) is 24.3 Å². The van der Waals surface area contributed by atoms with E-state index >= 15 is 0 Å². The molecule has 1 atom stereocenters. The fraction of sp³-hybridized carbons (Fsp3) is 0.462. The molecule has 0 aliphatic carbocycles. The van der Waals surface area contributed by atoms with Crippen molar-refractivity contribution in [3.8, 4) is 0 Å². The van der Waals surface area contributed by atoms with Crippen LogP contribution in [0, 0.1) is 5.82 Å². The van der Waals surface area contributed by atoms with Crippen molar-refractivity contribution in [1.29, 1.82) is 0 Å². The highest BCUT2D eigenvalue weighted by atomic mass is 32.2. The quantitative estimate of drug-likeness (QED) is 0.771. The predicted octanol–water partition coefficient (Wildman–Crippen LogP) is 1.99. The maximum absolute atomic E-state index is 12.7. The van der Waals surface area contributed by atoms with Crippen LogP contribution in [0.4, 0.5) is 4.39 Å². The van der Waals surface area contributed by atoms with Gasteiger partial charge in [0, 0.05) is 23.1 Å². The van der Waals surface area contributed by atoms with Gasteiger partial charge in [-0.3, -0.25) is 9.00 Å². The number of amides is 1. The molecule has 0 spiro atoms. The van der Waals surface area contributed by atoms with Crippen molar-refractivity contribution in [2.45, 2.75) is 25.5 Å². The summed E-state index contributed by atoms with van der Waals surface area (Å²) in [6.07, 6.45) is 1.94. The average Bonchev–Trinajstić information content (AvgIpc) is 2.32. The first-order chi connectivity index (χ1) is 8.61. The van der Waals surface area contributed by atoms with Gasteiger partial charge < -0.3 is 5.32 Å². The molecule has 0 heterocycles. The lowest BCUT2D eigenvalue weighted by atomic mass is 10.2. The molecule has 1 aromatic carbocycles. The molecular formula is C13H18FNO2S. The van der Waals surface area contributed by atoms with Crippen LogP contribution in [-0.4, -0.2) is 22.4 Å². The molecule has 0 saturated carbocycles. The lowest BCUT2D eigenvalue weighted by Crippen LogP contribution is -2.29. The molecule has 1 aromatic rings. The zero-order valence-electron chi connectivity index (χ0n) is 10.4. The highest BCUT2D eigenvalue weighted by Gasteiger charge is 2.08. The van der Waals surface area contributed by atoms with Gasteiger partial charge in [-0.05, 0) is 24.1 Å². The van der Waals surface area contributed by atoms with E-state index in [-0.39, 0.29) is 23.2 Å². The van der Waals surface area contributed by atoms with Gasteiger partial charge in [0.25, 0.3) is 0 Å². The van der Waals surface area contributed by atoms with E-state index in [0.717, 1.165) is 18.4 Å². The molecule has 3 nitrogen and oxygen atoms in total. The SMILES string of the molecule is CCCCNC(=O)C[S@](=O)Cc1ccc(F)cc1. The summed E-state index contributed by atoms with van der Waals surface area (Å²) < 4.78 is 24.4. The van der Waals surface area contributed by atoms with E-state index in [1.54, 1.807) is 12.1 Å². The third-order valence-electron chi connectivity index (χ3n) is 2.39. The van der Waals surface area contributed by atoms with Crippen LogP contribution in [0.2, 0.25) is 0 Å². The van der Waals surface area contributed by atoms with Gasteiger partial charge in [0.15, 0.2) is 0 Å². The molecule has 0 unspecified atom stereocenters. The normalized spacial score (nSPS) is 12.1. The van der Waals surface area contributed by atoms with Gasteiger partial charge in [-0.2, -0.15) is 0 Å². The Bertz CT molecular complexity index is 406. The van der Waals surface area contributed by atoms with Crippen molar-refractivity contribution in [3.63, 3.8) is 0 Å². The molecule has 100 valence electrons. The third kappa shape index (κ3) is 5.91. The number of benzene rings is 1. The first-order valence-electron chi connectivity index (χ1n) is 5.98. The van der Waals surface area contributed by atoms with Gasteiger partial charge in [0.2, 0.25) is 5.91 Å². The van der Waals surface area contributed by atoms with Crippen molar-refractivity contribution in [2.75, 3.05) is 12.3 Å². The largest absolute Gasteiger partial charge is 0.355 e. The molecule has 0 bridgehead atoms. The fourth-order valence-corrected chi connectivity index (χ4v) is 2.48. The monoisotopic (exact) mass is 271 g/mol. The van der Waals surface area contributed by atoms with E-state index in [2.05, 4.69) is 5.32 Å². The smallest absolute Gasteiger partial charge is 0.232 e. The van der Waals surface area contributed by atoms with Gasteiger partial charge in [0.1, 0.15) is 11.6 Å². The van der Waals surface area contributed by atoms with Crippen molar-refractivity contribution >= 4 is 16.7 Å². The zero-order valence-corrected chi connectivity index (χ0v) is 11.3. The van der Waals surface area contributed by atoms with Crippen LogP contribution in [0.3, 0.4) is 0 Å². The second-order valence-electron chi connectivity index (χ2n) is 4.06. The lowest BCUT2D eigenvalue weighted by molar-refractivity contribution is -0.118. The van der Waals surface area contributed by atoms with E-state index < -0.39 is 10.8 Å². The maximum atomic E-state index is 12.7. The summed E-state index contributed by atoms with van der Waals surface area (Å²) in [5, 5.41) is 2.72. The minimum Gasteiger partial charge on any atom is -0.355 e. The number of nitrogens with one attached hydrogen (secondary N) is 1. The molecule has 0 saturated heterocycles. The molecule has 0 aliphatic rings. The Hall–Kier alpha value is -1.23. The van der Waals surface area contributed by atoms with Gasteiger partial charge in [-0.1, -0.05) is 25.5 Å². The van der Waals surface area contributed by atoms with Crippen LogP contribution >= 0.6 is 0 Å². The summed E-state index contributed by atoms with van der Waals surface area (Å²) in [7, 11) is -1.25. The van der Waals surface area contributed by atoms with Crippen LogP contribution in [-0.2, 0) is 21.3 Å². The number of rotatable bonds is 7. The number of hydrogen-bond donors (Lipinski definition) is 1. The molecule has 1 amide bonds. The summed E-state index contributed by atoms with van der Waals surface area (Å²) in [5.74, 6) is -0.228. The summed E-state index contributed by atoms with van der Waals surface area (Å²) in [5.41, 5.74) is 0.774. The van der Waals surface area contributed by atoms with Crippen molar-refractivity contribution < 1.29 is 13.4 Å². The Balaban J connectivity index is 2.32. The topological polar surface area (TPSA) is 46.2 Å². The molecule has 18 heavy (non-hydrogen) atoms. The third-order valence-corrected chi connectivity index (χ3v) is 3.62. The number of halogens is 1. The van der Waals surface area contributed by atoms with Gasteiger partial charge in [-0.25, -0.2) is 4.39 Å². The second-order valence-corrected chi connectivity index (χ2v) is 5.52. The standard InChI is InChI=1S/C13H18FNO2S/c1-2-3-8-15-13(16)10-18(17)9-11-4-6-12(14)7-5-11/h4-7H,2-3,8-10H2,1H3,(H,15,16)/t18-/m1/s1. The maximum Gasteiger partial charge on any atom is 0.232 e. The molecule has 1 N–H and O–H groups in total. The Labute approximate surface area is 109 Å². The van der Waals surface area contributed by atoms with Crippen LogP contribution in [0.25, 0.3) is 0 Å². The fourth-order valence-electron chi connectivity index (χ4n) is 1.42. The van der Waals surface area contributed by atoms with Gasteiger partial charge in [-0.15, -0.1) is 0 Å². The first-order valence-corrected chi connectivity index (χ1v) is 7.46. The molecule has 0 aromatic heterocycles. The van der Waals surface area contributed by atoms with E-state index in [1.165, 1.54) is 12.1 Å². The summed E-state index contributed by atoms with van der Waals surface area (Å²) in [6, 6.07) is 5.83. The predicted molar refractivity (Wildman–Crippen MR) is 71.0 cm³/mol. The summed E-state index contributed by atoms with van der Waals surface area (Å²) in [4.78, 5) is 11.4. The van der Waals surface area contributed by atoms with Crippen molar-refractivity contribution in [3.05, 3.63) is 35.6 Å². The van der Waals surface area contributed by atoms with Gasteiger partial charge >= 0.3 is 0 Å². The molecule has 1 rings (SSSR count). The van der Waals surface area contributed by atoms with E-state index in [1.807, 2.05) is 6.92 Å². The molecule has 0 aliphatic heterocycles. The minimum absolute atomic E-state index is 0.00108. The Morgan fingerprint density at radius 2 is 2.00 bits per heavy atom. The first kappa shape index (κ1) is 14.8. The highest BCUT2D eigenvalue weighted by molar-refractivity contribution is 7.84. The van der Waals surface area contributed by atoms with E-state index in [9.17, 15) is 13.4 Å². The Kier molecular flexibility index (Phi) is 6.57. The molecule has 0 fully saturated rings. The lowest BCUT2D eigenvalue weighted by Gasteiger charge is -2.04. The van der Waals surface area contributed by atoms with E-state index in [4.69, 9.17) is 0 Å². The van der Waals surface area contributed by atoms with Crippen LogP contribution < -0.4 is 5.32 Å². The molecule has 0 radical (unpaired) electrons. The second kappa shape index (κ2) is 7.97. The molecule has 5 heteroatoms. The minimum atomic E-state index is -1.25. The van der Waals surface area contributed by atoms with E-state index in [0.29, 0.717) is 6.54 Å². The number of unbranched alkanes of at least 4 members (excludes halogenated alkanes) is 1. The van der Waals surface area contributed by atoms with Crippen molar-refractivity contribution in [2.24, 2.45) is 0 Å². The average molecular weight is 271 g/mol. The summed E-state index contributed by atoms with van der Waals surface area (Å²) >= 11 is 0. The number of carbonyl (C=O) groups is 1. The highest BCUT2D eigenvalue weighted by Crippen LogP contribution is 2.05. The molecular weight excluding hydrogens is 253 g/mol. The van der Waals surface area contributed by atoms with Crippen molar-refractivity contribution in [1.82, 2.24) is 5.32 Å². The Morgan fingerprint density at radius 3 is 2.61 bits per heavy atom. The summed E-state index contributed by atoms with van der Waals surface area (Å²) in [6.45, 7) is 2.67. The van der Waals surface area contributed by atoms with Gasteiger partial charge in [0.05, 0.1) is 0 Å². The Morgan fingerprint density at radius 1 is 1.33 bits per heavy atom.